The zero-order chi connectivity index (χ0) is 24.7. The number of anilines is 1. The number of amides is 2. The van der Waals surface area contributed by atoms with E-state index in [9.17, 15) is 31.2 Å². The summed E-state index contributed by atoms with van der Waals surface area (Å²) >= 11 is 0. The van der Waals surface area contributed by atoms with Gasteiger partial charge in [0.1, 0.15) is 17.5 Å². The van der Waals surface area contributed by atoms with Gasteiger partial charge in [-0.1, -0.05) is 18.2 Å². The highest BCUT2D eigenvalue weighted by Gasteiger charge is 2.39. The summed E-state index contributed by atoms with van der Waals surface area (Å²) in [5, 5.41) is 4.53. The molecule has 8 nitrogen and oxygen atoms in total. The van der Waals surface area contributed by atoms with Crippen LogP contribution in [0.1, 0.15) is 34.3 Å². The van der Waals surface area contributed by atoms with Gasteiger partial charge in [-0.2, -0.15) is 21.6 Å². The Morgan fingerprint density at radius 1 is 1.18 bits per heavy atom. The minimum atomic E-state index is -4.54. The maximum atomic E-state index is 13.1. The van der Waals surface area contributed by atoms with Gasteiger partial charge >= 0.3 is 6.18 Å². The molecule has 2 N–H and O–H groups in total. The maximum absolute atomic E-state index is 13.1. The second-order valence-corrected chi connectivity index (χ2v) is 9.63. The number of sulfonamides is 1. The van der Waals surface area contributed by atoms with E-state index in [-0.39, 0.29) is 22.0 Å². The van der Waals surface area contributed by atoms with Gasteiger partial charge in [0.05, 0.1) is 0 Å². The molecule has 0 aromatic heterocycles. The third kappa shape index (κ3) is 4.76. The summed E-state index contributed by atoms with van der Waals surface area (Å²) < 4.78 is 66.0. The molecule has 0 unspecified atom stereocenters. The molecule has 0 saturated carbocycles. The topological polar surface area (TPSA) is 108 Å². The van der Waals surface area contributed by atoms with Gasteiger partial charge in [-0.25, -0.2) is 0 Å². The summed E-state index contributed by atoms with van der Waals surface area (Å²) in [4.78, 5) is 27.0. The molecule has 1 fully saturated rings. The van der Waals surface area contributed by atoms with Crippen molar-refractivity contribution in [2.24, 2.45) is 4.40 Å². The highest BCUT2D eigenvalue weighted by Crippen LogP contribution is 2.31. The lowest BCUT2D eigenvalue weighted by molar-refractivity contribution is -0.123. The molecule has 0 spiro atoms. The highest BCUT2D eigenvalue weighted by atomic mass is 32.2. The van der Waals surface area contributed by atoms with E-state index in [1.54, 1.807) is 35.3 Å². The molecular weight excluding hydrogens is 473 g/mol. The van der Waals surface area contributed by atoms with Gasteiger partial charge in [0.25, 0.3) is 15.9 Å². The van der Waals surface area contributed by atoms with Gasteiger partial charge in [0.2, 0.25) is 5.91 Å². The van der Waals surface area contributed by atoms with Gasteiger partial charge in [0.15, 0.2) is 5.84 Å². The fraction of sp³-hybridized carbons (Fsp3) is 0.318. The first-order chi connectivity index (χ1) is 16.0. The van der Waals surface area contributed by atoms with Crippen LogP contribution in [0.4, 0.5) is 18.9 Å². The third-order valence-electron chi connectivity index (χ3n) is 5.65. The number of alkyl halides is 3. The molecule has 2 heterocycles. The van der Waals surface area contributed by atoms with Crippen LogP contribution in [0, 0.1) is 6.92 Å². The second-order valence-electron chi connectivity index (χ2n) is 8.05. The van der Waals surface area contributed by atoms with Crippen molar-refractivity contribution in [3.8, 4) is 0 Å². The van der Waals surface area contributed by atoms with Crippen LogP contribution in [-0.2, 0) is 14.8 Å². The lowest BCUT2D eigenvalue weighted by Gasteiger charge is -2.26. The molecule has 0 bridgehead atoms. The zero-order valence-electron chi connectivity index (χ0n) is 18.0. The van der Waals surface area contributed by atoms with Crippen LogP contribution in [0.25, 0.3) is 0 Å². The normalized spacial score (nSPS) is 18.9. The Hall–Kier alpha value is -3.41. The van der Waals surface area contributed by atoms with E-state index < -0.39 is 40.6 Å². The average Bonchev–Trinajstić information content (AvgIpc) is 3.36. The Kier molecular flexibility index (Phi) is 6.11. The maximum Gasteiger partial charge on any atom is 0.405 e. The number of nitrogens with zero attached hydrogens (tertiary/aromatic N) is 2. The number of fused-ring (bicyclic) bond motifs is 1. The fourth-order valence-electron chi connectivity index (χ4n) is 3.98. The molecule has 1 saturated heterocycles. The largest absolute Gasteiger partial charge is 0.405 e. The van der Waals surface area contributed by atoms with Gasteiger partial charge in [-0.05, 0) is 49.6 Å². The summed E-state index contributed by atoms with van der Waals surface area (Å²) in [5.74, 6) is -1.14. The highest BCUT2D eigenvalue weighted by molar-refractivity contribution is 7.90. The van der Waals surface area contributed by atoms with Crippen LogP contribution < -0.4 is 10.6 Å². The van der Waals surface area contributed by atoms with Crippen LogP contribution in [0.15, 0.2) is 51.8 Å². The Bertz CT molecular complexity index is 1290. The number of hydrogen-bond donors (Lipinski definition) is 2. The van der Waals surface area contributed by atoms with E-state index in [1.807, 2.05) is 0 Å². The van der Waals surface area contributed by atoms with Crippen molar-refractivity contribution in [1.29, 1.82) is 0 Å². The van der Waals surface area contributed by atoms with Crippen molar-refractivity contribution in [2.75, 3.05) is 18.4 Å². The van der Waals surface area contributed by atoms with Crippen molar-refractivity contribution in [1.82, 2.24) is 10.2 Å². The van der Waals surface area contributed by atoms with Crippen molar-refractivity contribution in [3.05, 3.63) is 59.2 Å². The minimum absolute atomic E-state index is 0.0337. The predicted molar refractivity (Wildman–Crippen MR) is 118 cm³/mol. The SMILES string of the molecule is Cc1ccc(C(=O)NCC(F)(F)F)cc1NC(=O)[C@@H]1CCCN1C1=NS(=O)(=O)c2ccccc21. The summed E-state index contributed by atoms with van der Waals surface area (Å²) in [6.07, 6.45) is -3.45. The van der Waals surface area contributed by atoms with E-state index in [0.29, 0.717) is 30.5 Å². The summed E-state index contributed by atoms with van der Waals surface area (Å²) in [5.41, 5.74) is 1.28. The smallest absolute Gasteiger partial charge is 0.343 e. The lowest BCUT2D eigenvalue weighted by atomic mass is 10.1. The number of aryl methyl sites for hydroxylation is 1. The van der Waals surface area contributed by atoms with Gasteiger partial charge in [-0.3, -0.25) is 9.59 Å². The molecule has 1 atom stereocenters. The van der Waals surface area contributed by atoms with E-state index in [2.05, 4.69) is 9.71 Å². The summed E-state index contributed by atoms with van der Waals surface area (Å²) in [7, 11) is -3.85. The van der Waals surface area contributed by atoms with E-state index >= 15 is 0 Å². The monoisotopic (exact) mass is 494 g/mol. The number of amidine groups is 1. The lowest BCUT2D eigenvalue weighted by Crippen LogP contribution is -2.43. The molecule has 2 aromatic carbocycles. The number of rotatable bonds is 4. The number of nitrogens with one attached hydrogen (secondary N) is 2. The number of hydrogen-bond acceptors (Lipinski definition) is 5. The molecule has 0 radical (unpaired) electrons. The van der Waals surface area contributed by atoms with Crippen molar-refractivity contribution >= 4 is 33.4 Å². The molecule has 2 aromatic rings. The van der Waals surface area contributed by atoms with Crippen LogP contribution in [0.3, 0.4) is 0 Å². The van der Waals surface area contributed by atoms with Gasteiger partial charge in [0, 0.05) is 23.4 Å². The molecule has 0 aliphatic carbocycles. The van der Waals surface area contributed by atoms with Crippen molar-refractivity contribution < 1.29 is 31.2 Å². The zero-order valence-corrected chi connectivity index (χ0v) is 18.8. The molecular formula is C22H21F3N4O4S. The van der Waals surface area contributed by atoms with Gasteiger partial charge in [-0.15, -0.1) is 4.40 Å². The van der Waals surface area contributed by atoms with Crippen molar-refractivity contribution in [3.63, 3.8) is 0 Å². The van der Waals surface area contributed by atoms with E-state index in [4.69, 9.17) is 0 Å². The number of halogens is 3. The van der Waals surface area contributed by atoms with E-state index in [0.717, 1.165) is 0 Å². The molecule has 2 aliphatic rings. The minimum Gasteiger partial charge on any atom is -0.343 e. The summed E-state index contributed by atoms with van der Waals surface area (Å²) in [6, 6.07) is 9.89. The van der Waals surface area contributed by atoms with Gasteiger partial charge < -0.3 is 15.5 Å². The number of likely N-dealkylation sites (tertiary alicyclic amines) is 1. The first kappa shape index (κ1) is 23.7. The van der Waals surface area contributed by atoms with E-state index in [1.165, 1.54) is 24.3 Å². The Morgan fingerprint density at radius 2 is 1.91 bits per heavy atom. The first-order valence-electron chi connectivity index (χ1n) is 10.4. The number of carbonyl (C=O) groups excluding carboxylic acids is 2. The number of benzene rings is 2. The van der Waals surface area contributed by atoms with Crippen molar-refractivity contribution in [2.45, 2.75) is 36.9 Å². The first-order valence-corrected chi connectivity index (χ1v) is 11.9. The van der Waals surface area contributed by atoms with Crippen LogP contribution in [0.5, 0.6) is 0 Å². The number of carbonyl (C=O) groups is 2. The molecule has 2 amide bonds. The van der Waals surface area contributed by atoms with Crippen LogP contribution in [0.2, 0.25) is 0 Å². The van der Waals surface area contributed by atoms with Crippen LogP contribution >= 0.6 is 0 Å². The Labute approximate surface area is 193 Å². The van der Waals surface area contributed by atoms with Crippen LogP contribution in [-0.4, -0.2) is 56.3 Å². The quantitative estimate of drug-likeness (QED) is 0.680. The molecule has 2 aliphatic heterocycles. The average molecular weight is 494 g/mol. The summed E-state index contributed by atoms with van der Waals surface area (Å²) in [6.45, 7) is 0.647. The molecule has 180 valence electrons. The Morgan fingerprint density at radius 3 is 2.65 bits per heavy atom. The third-order valence-corrected chi connectivity index (χ3v) is 6.97. The standard InChI is InChI=1S/C22H21F3N4O4S/c1-13-8-9-14(20(30)26-12-22(23,24)25)11-16(13)27-21(31)17-6-4-10-29(17)19-15-5-2-3-7-18(15)34(32,33)28-19/h2-3,5,7-9,11,17H,4,6,10,12H2,1H3,(H,26,30)(H,27,31)/t17-/m0/s1. The molecule has 12 heteroatoms. The molecule has 4 rings (SSSR count). The fourth-order valence-corrected chi connectivity index (χ4v) is 5.20. The molecule has 34 heavy (non-hydrogen) atoms. The predicted octanol–water partition coefficient (Wildman–Crippen LogP) is 2.84. The Balaban J connectivity index is 1.54. The second kappa shape index (κ2) is 8.75.